The number of aliphatic carboxylic acids is 1. The number of unbranched alkanes of at least 4 members (excludes halogenated alkanes) is 1. The Bertz CT molecular complexity index is 283. The molecule has 18 heavy (non-hydrogen) atoms. The van der Waals surface area contributed by atoms with E-state index in [4.69, 9.17) is 9.84 Å². The SMILES string of the molecule is CCCCC(=O)N[C@H](C(=O)O)[C@@H](C)OC(C)(C)C. The van der Waals surface area contributed by atoms with Crippen molar-refractivity contribution in [3.63, 3.8) is 0 Å². The topological polar surface area (TPSA) is 75.6 Å². The predicted molar refractivity (Wildman–Crippen MR) is 69.4 cm³/mol. The highest BCUT2D eigenvalue weighted by Crippen LogP contribution is 2.13. The van der Waals surface area contributed by atoms with Crippen LogP contribution in [0.4, 0.5) is 0 Å². The van der Waals surface area contributed by atoms with E-state index < -0.39 is 23.7 Å². The molecule has 0 saturated carbocycles. The summed E-state index contributed by atoms with van der Waals surface area (Å²) in [7, 11) is 0. The van der Waals surface area contributed by atoms with E-state index in [1.54, 1.807) is 6.92 Å². The molecular formula is C13H25NO4. The molecule has 0 rings (SSSR count). The van der Waals surface area contributed by atoms with Gasteiger partial charge in [0.25, 0.3) is 0 Å². The normalized spacial score (nSPS) is 14.9. The first kappa shape index (κ1) is 16.9. The van der Waals surface area contributed by atoms with Gasteiger partial charge in [0.05, 0.1) is 11.7 Å². The number of amides is 1. The lowest BCUT2D eigenvalue weighted by Gasteiger charge is -2.29. The largest absolute Gasteiger partial charge is 0.480 e. The number of carbonyl (C=O) groups is 2. The van der Waals surface area contributed by atoms with Gasteiger partial charge in [0.2, 0.25) is 5.91 Å². The highest BCUT2D eigenvalue weighted by Gasteiger charge is 2.30. The van der Waals surface area contributed by atoms with E-state index in [2.05, 4.69) is 5.32 Å². The van der Waals surface area contributed by atoms with Crippen molar-refractivity contribution in [2.75, 3.05) is 0 Å². The van der Waals surface area contributed by atoms with E-state index in [0.29, 0.717) is 6.42 Å². The maximum atomic E-state index is 11.6. The Morgan fingerprint density at radius 1 is 1.33 bits per heavy atom. The molecule has 0 heterocycles. The first-order chi connectivity index (χ1) is 8.17. The van der Waals surface area contributed by atoms with Gasteiger partial charge in [-0.15, -0.1) is 0 Å². The molecule has 5 heteroatoms. The lowest BCUT2D eigenvalue weighted by Crippen LogP contribution is -2.50. The maximum absolute atomic E-state index is 11.6. The number of carboxylic acid groups (broad SMARTS) is 1. The summed E-state index contributed by atoms with van der Waals surface area (Å²) in [5.74, 6) is -1.31. The van der Waals surface area contributed by atoms with Crippen molar-refractivity contribution in [2.24, 2.45) is 0 Å². The molecule has 0 aliphatic heterocycles. The van der Waals surface area contributed by atoms with E-state index in [9.17, 15) is 9.59 Å². The second kappa shape index (κ2) is 7.36. The Labute approximate surface area is 109 Å². The number of hydrogen-bond donors (Lipinski definition) is 2. The Morgan fingerprint density at radius 2 is 1.89 bits per heavy atom. The van der Waals surface area contributed by atoms with Gasteiger partial charge in [-0.2, -0.15) is 0 Å². The van der Waals surface area contributed by atoms with E-state index in [0.717, 1.165) is 12.8 Å². The number of nitrogens with one attached hydrogen (secondary N) is 1. The summed E-state index contributed by atoms with van der Waals surface area (Å²) in [4.78, 5) is 22.7. The molecule has 2 atom stereocenters. The highest BCUT2D eigenvalue weighted by molar-refractivity contribution is 5.83. The minimum Gasteiger partial charge on any atom is -0.480 e. The highest BCUT2D eigenvalue weighted by atomic mass is 16.5. The molecule has 106 valence electrons. The molecule has 0 unspecified atom stereocenters. The van der Waals surface area contributed by atoms with Gasteiger partial charge in [-0.25, -0.2) is 4.79 Å². The number of rotatable bonds is 7. The summed E-state index contributed by atoms with van der Waals surface area (Å²) in [5, 5.41) is 11.6. The molecule has 1 amide bonds. The minimum absolute atomic E-state index is 0.242. The smallest absolute Gasteiger partial charge is 0.328 e. The number of hydrogen-bond acceptors (Lipinski definition) is 3. The third kappa shape index (κ3) is 7.27. The van der Waals surface area contributed by atoms with Crippen LogP contribution in [0.3, 0.4) is 0 Å². The van der Waals surface area contributed by atoms with Crippen LogP contribution >= 0.6 is 0 Å². The van der Waals surface area contributed by atoms with Gasteiger partial charge < -0.3 is 15.2 Å². The van der Waals surface area contributed by atoms with Crippen LogP contribution in [0.5, 0.6) is 0 Å². The second-order valence-corrected chi connectivity index (χ2v) is 5.42. The van der Waals surface area contributed by atoms with Crippen LogP contribution in [0.2, 0.25) is 0 Å². The maximum Gasteiger partial charge on any atom is 0.328 e. The van der Waals surface area contributed by atoms with Gasteiger partial charge in [-0.1, -0.05) is 13.3 Å². The van der Waals surface area contributed by atoms with Gasteiger partial charge in [0, 0.05) is 6.42 Å². The fraction of sp³-hybridized carbons (Fsp3) is 0.846. The monoisotopic (exact) mass is 259 g/mol. The summed E-state index contributed by atoms with van der Waals surface area (Å²) < 4.78 is 5.57. The Kier molecular flexibility index (Phi) is 6.91. The van der Waals surface area contributed by atoms with Crippen molar-refractivity contribution in [1.29, 1.82) is 0 Å². The average molecular weight is 259 g/mol. The second-order valence-electron chi connectivity index (χ2n) is 5.42. The molecular weight excluding hydrogens is 234 g/mol. The molecule has 0 aliphatic carbocycles. The van der Waals surface area contributed by atoms with E-state index in [1.807, 2.05) is 27.7 Å². The first-order valence-corrected chi connectivity index (χ1v) is 6.37. The first-order valence-electron chi connectivity index (χ1n) is 6.37. The lowest BCUT2D eigenvalue weighted by atomic mass is 10.1. The fourth-order valence-electron chi connectivity index (χ4n) is 1.59. The van der Waals surface area contributed by atoms with Gasteiger partial charge in [-0.3, -0.25) is 4.79 Å². The van der Waals surface area contributed by atoms with Gasteiger partial charge in [-0.05, 0) is 34.1 Å². The fourth-order valence-corrected chi connectivity index (χ4v) is 1.59. The third-order valence-corrected chi connectivity index (χ3v) is 2.35. The Balaban J connectivity index is 4.47. The van der Waals surface area contributed by atoms with Gasteiger partial charge >= 0.3 is 5.97 Å². The van der Waals surface area contributed by atoms with Gasteiger partial charge in [0.1, 0.15) is 0 Å². The average Bonchev–Trinajstić information content (AvgIpc) is 2.19. The zero-order chi connectivity index (χ0) is 14.3. The van der Waals surface area contributed by atoms with E-state index >= 15 is 0 Å². The van der Waals surface area contributed by atoms with Crippen LogP contribution in [0, 0.1) is 0 Å². The molecule has 2 N–H and O–H groups in total. The standard InChI is InChI=1S/C13H25NO4/c1-6-7-8-10(15)14-11(12(16)17)9(2)18-13(3,4)5/h9,11H,6-8H2,1-5H3,(H,14,15)(H,16,17)/t9-,11+/m1/s1. The number of carboxylic acids is 1. The van der Waals surface area contributed by atoms with Crippen LogP contribution < -0.4 is 5.32 Å². The number of carbonyl (C=O) groups excluding carboxylic acids is 1. The van der Waals surface area contributed by atoms with Crippen molar-refractivity contribution < 1.29 is 19.4 Å². The number of ether oxygens (including phenoxy) is 1. The molecule has 0 bridgehead atoms. The Morgan fingerprint density at radius 3 is 2.28 bits per heavy atom. The lowest BCUT2D eigenvalue weighted by molar-refractivity contribution is -0.150. The van der Waals surface area contributed by atoms with Crippen molar-refractivity contribution in [3.05, 3.63) is 0 Å². The van der Waals surface area contributed by atoms with Crippen LogP contribution in [0.1, 0.15) is 53.9 Å². The van der Waals surface area contributed by atoms with Crippen molar-refractivity contribution in [1.82, 2.24) is 5.32 Å². The quantitative estimate of drug-likeness (QED) is 0.732. The summed E-state index contributed by atoms with van der Waals surface area (Å²) in [6.45, 7) is 9.18. The molecule has 0 aromatic rings. The Hall–Kier alpha value is -1.10. The van der Waals surface area contributed by atoms with Crippen molar-refractivity contribution >= 4 is 11.9 Å². The molecule has 0 aromatic carbocycles. The minimum atomic E-state index is -1.07. The van der Waals surface area contributed by atoms with Crippen LogP contribution in [-0.4, -0.2) is 34.7 Å². The molecule has 0 aromatic heterocycles. The molecule has 5 nitrogen and oxygen atoms in total. The van der Waals surface area contributed by atoms with Crippen LogP contribution in [0.15, 0.2) is 0 Å². The van der Waals surface area contributed by atoms with E-state index in [1.165, 1.54) is 0 Å². The summed E-state index contributed by atoms with van der Waals surface area (Å²) >= 11 is 0. The summed E-state index contributed by atoms with van der Waals surface area (Å²) in [5.41, 5.74) is -0.443. The zero-order valence-electron chi connectivity index (χ0n) is 11.9. The van der Waals surface area contributed by atoms with Crippen molar-refractivity contribution in [2.45, 2.75) is 71.6 Å². The molecule has 0 aliphatic rings. The van der Waals surface area contributed by atoms with Crippen LogP contribution in [0.25, 0.3) is 0 Å². The molecule has 0 fully saturated rings. The third-order valence-electron chi connectivity index (χ3n) is 2.35. The van der Waals surface area contributed by atoms with Gasteiger partial charge in [0.15, 0.2) is 6.04 Å². The predicted octanol–water partition coefficient (Wildman–Crippen LogP) is 1.95. The zero-order valence-corrected chi connectivity index (χ0v) is 11.9. The summed E-state index contributed by atoms with van der Waals surface area (Å²) in [6.07, 6.45) is 1.43. The molecule has 0 radical (unpaired) electrons. The molecule has 0 saturated heterocycles. The van der Waals surface area contributed by atoms with Crippen LogP contribution in [-0.2, 0) is 14.3 Å². The molecule has 0 spiro atoms. The van der Waals surface area contributed by atoms with E-state index in [-0.39, 0.29) is 5.91 Å². The van der Waals surface area contributed by atoms with Crippen molar-refractivity contribution in [3.8, 4) is 0 Å². The summed E-state index contributed by atoms with van der Waals surface area (Å²) in [6, 6.07) is -1.01.